The quantitative estimate of drug-likeness (QED) is 0.454. The van der Waals surface area contributed by atoms with E-state index in [9.17, 15) is 4.79 Å². The van der Waals surface area contributed by atoms with Crippen LogP contribution in [0.15, 0.2) is 0 Å². The number of hydrogen-bond donors (Lipinski definition) is 0. The smallest absolute Gasteiger partial charge is 0.239 e. The fourth-order valence-corrected chi connectivity index (χ4v) is 1.35. The summed E-state index contributed by atoms with van der Waals surface area (Å²) < 4.78 is 0. The second-order valence-electron chi connectivity index (χ2n) is 2.40. The Labute approximate surface area is 64.3 Å². The van der Waals surface area contributed by atoms with E-state index in [0.717, 1.165) is 12.8 Å². The van der Waals surface area contributed by atoms with Gasteiger partial charge in [-0.2, -0.15) is 0 Å². The van der Waals surface area contributed by atoms with E-state index in [0.29, 0.717) is 5.92 Å². The summed E-state index contributed by atoms with van der Waals surface area (Å²) in [4.78, 5) is 10.4. The summed E-state index contributed by atoms with van der Waals surface area (Å²) in [5.74, 6) is 0.358. The Balaban J connectivity index is 2.32. The predicted octanol–water partition coefficient (Wildman–Crippen LogP) is 2.16. The van der Waals surface area contributed by atoms with E-state index in [1.807, 2.05) is 0 Å². The molecule has 0 aromatic rings. The lowest BCUT2D eigenvalue weighted by Crippen LogP contribution is -2.26. The molecule has 1 aliphatic rings. The topological polar surface area (TPSA) is 17.1 Å². The van der Waals surface area contributed by atoms with Crippen molar-refractivity contribution in [3.63, 3.8) is 0 Å². The predicted molar refractivity (Wildman–Crippen MR) is 37.8 cm³/mol. The molecule has 52 valence electrons. The van der Waals surface area contributed by atoms with Gasteiger partial charge in [-0.15, -0.1) is 11.6 Å². The molecule has 3 heteroatoms. The van der Waals surface area contributed by atoms with Crippen LogP contribution in [0.2, 0.25) is 0 Å². The third-order valence-electron chi connectivity index (χ3n) is 1.78. The molecule has 1 saturated carbocycles. The minimum Gasteiger partial charge on any atom is -0.280 e. The number of carbonyl (C=O) groups is 1. The summed E-state index contributed by atoms with van der Waals surface area (Å²) >= 11 is 10.8. The number of carbonyl (C=O) groups excluding carboxylic acids is 1. The molecule has 0 saturated heterocycles. The lowest BCUT2D eigenvalue weighted by molar-refractivity contribution is -0.112. The van der Waals surface area contributed by atoms with Gasteiger partial charge in [-0.1, -0.05) is 6.42 Å². The molecule has 0 spiro atoms. The SMILES string of the molecule is O=C(Cl)C(Cl)C1CCC1. The summed E-state index contributed by atoms with van der Waals surface area (Å²) in [5.41, 5.74) is 0. The van der Waals surface area contributed by atoms with Gasteiger partial charge in [-0.3, -0.25) is 4.79 Å². The number of rotatable bonds is 2. The minimum atomic E-state index is -0.430. The molecule has 0 aromatic heterocycles. The van der Waals surface area contributed by atoms with Crippen LogP contribution in [0.1, 0.15) is 19.3 Å². The summed E-state index contributed by atoms with van der Waals surface area (Å²) in [6.45, 7) is 0. The van der Waals surface area contributed by atoms with Crippen LogP contribution in [0.4, 0.5) is 0 Å². The van der Waals surface area contributed by atoms with E-state index >= 15 is 0 Å². The number of halogens is 2. The first kappa shape index (κ1) is 7.36. The molecule has 1 atom stereocenters. The van der Waals surface area contributed by atoms with Gasteiger partial charge < -0.3 is 0 Å². The van der Waals surface area contributed by atoms with Gasteiger partial charge >= 0.3 is 0 Å². The molecule has 1 fully saturated rings. The van der Waals surface area contributed by atoms with Crippen LogP contribution >= 0.6 is 23.2 Å². The van der Waals surface area contributed by atoms with Crippen molar-refractivity contribution in [3.8, 4) is 0 Å². The van der Waals surface area contributed by atoms with Crippen LogP contribution < -0.4 is 0 Å². The van der Waals surface area contributed by atoms with Crippen molar-refractivity contribution in [3.05, 3.63) is 0 Å². The zero-order chi connectivity index (χ0) is 6.85. The summed E-state index contributed by atoms with van der Waals surface area (Å²) in [6, 6.07) is 0. The summed E-state index contributed by atoms with van der Waals surface area (Å²) in [6.07, 6.45) is 3.32. The molecule has 0 bridgehead atoms. The van der Waals surface area contributed by atoms with Crippen LogP contribution in [0, 0.1) is 5.92 Å². The Morgan fingerprint density at radius 3 is 2.22 bits per heavy atom. The zero-order valence-corrected chi connectivity index (χ0v) is 6.45. The largest absolute Gasteiger partial charge is 0.280 e. The van der Waals surface area contributed by atoms with Gasteiger partial charge in [0.25, 0.3) is 0 Å². The van der Waals surface area contributed by atoms with Crippen molar-refractivity contribution >= 4 is 28.4 Å². The highest BCUT2D eigenvalue weighted by molar-refractivity contribution is 6.69. The van der Waals surface area contributed by atoms with Crippen LogP contribution in [0.25, 0.3) is 0 Å². The number of alkyl halides is 1. The second-order valence-corrected chi connectivity index (χ2v) is 3.24. The first-order valence-corrected chi connectivity index (χ1v) is 3.86. The fraction of sp³-hybridized carbons (Fsp3) is 0.833. The van der Waals surface area contributed by atoms with Crippen molar-refractivity contribution in [2.45, 2.75) is 24.6 Å². The molecule has 0 aromatic carbocycles. The molecule has 0 heterocycles. The summed E-state index contributed by atoms with van der Waals surface area (Å²) in [7, 11) is 0. The third-order valence-corrected chi connectivity index (χ3v) is 2.68. The highest BCUT2D eigenvalue weighted by atomic mass is 35.5. The van der Waals surface area contributed by atoms with Crippen molar-refractivity contribution in [2.24, 2.45) is 5.92 Å². The van der Waals surface area contributed by atoms with E-state index in [-0.39, 0.29) is 0 Å². The van der Waals surface area contributed by atoms with Crippen LogP contribution in [-0.4, -0.2) is 10.6 Å². The Hall–Kier alpha value is 0.250. The zero-order valence-electron chi connectivity index (χ0n) is 4.94. The maximum absolute atomic E-state index is 10.4. The van der Waals surface area contributed by atoms with Crippen LogP contribution in [0.5, 0.6) is 0 Å². The Morgan fingerprint density at radius 1 is 1.56 bits per heavy atom. The van der Waals surface area contributed by atoms with E-state index in [2.05, 4.69) is 0 Å². The fourth-order valence-electron chi connectivity index (χ4n) is 0.918. The van der Waals surface area contributed by atoms with Crippen molar-refractivity contribution < 1.29 is 4.79 Å². The molecule has 1 nitrogen and oxygen atoms in total. The Morgan fingerprint density at radius 2 is 2.11 bits per heavy atom. The molecule has 1 aliphatic carbocycles. The molecule has 0 amide bonds. The minimum absolute atomic E-state index is 0.358. The molecule has 0 radical (unpaired) electrons. The maximum atomic E-state index is 10.4. The number of hydrogen-bond acceptors (Lipinski definition) is 1. The molecule has 0 aliphatic heterocycles. The first-order chi connectivity index (χ1) is 4.22. The van der Waals surface area contributed by atoms with Gasteiger partial charge in [-0.05, 0) is 30.4 Å². The highest BCUT2D eigenvalue weighted by Crippen LogP contribution is 2.33. The van der Waals surface area contributed by atoms with Gasteiger partial charge in [0.05, 0.1) is 0 Å². The average molecular weight is 167 g/mol. The van der Waals surface area contributed by atoms with Crippen LogP contribution in [-0.2, 0) is 4.79 Å². The molecular weight excluding hydrogens is 159 g/mol. The highest BCUT2D eigenvalue weighted by Gasteiger charge is 2.29. The van der Waals surface area contributed by atoms with E-state index < -0.39 is 10.6 Å². The molecule has 0 N–H and O–H groups in total. The van der Waals surface area contributed by atoms with Gasteiger partial charge in [0.15, 0.2) is 0 Å². The monoisotopic (exact) mass is 166 g/mol. The molecule has 1 unspecified atom stereocenters. The maximum Gasteiger partial charge on any atom is 0.239 e. The third kappa shape index (κ3) is 1.59. The molecule has 9 heavy (non-hydrogen) atoms. The van der Waals surface area contributed by atoms with Crippen LogP contribution in [0.3, 0.4) is 0 Å². The Kier molecular flexibility index (Phi) is 2.36. The van der Waals surface area contributed by atoms with E-state index in [1.165, 1.54) is 6.42 Å². The molecular formula is C6H8Cl2O. The van der Waals surface area contributed by atoms with Gasteiger partial charge in [-0.25, -0.2) is 0 Å². The lowest BCUT2D eigenvalue weighted by Gasteiger charge is -2.27. The van der Waals surface area contributed by atoms with Gasteiger partial charge in [0.1, 0.15) is 5.38 Å². The standard InChI is InChI=1S/C6H8Cl2O/c7-5(6(8)9)4-2-1-3-4/h4-5H,1-3H2. The summed E-state index contributed by atoms with van der Waals surface area (Å²) in [5, 5.41) is -0.832. The molecule has 1 rings (SSSR count). The van der Waals surface area contributed by atoms with Gasteiger partial charge in [0.2, 0.25) is 5.24 Å². The Bertz CT molecular complexity index is 120. The van der Waals surface area contributed by atoms with Crippen molar-refractivity contribution in [1.82, 2.24) is 0 Å². The average Bonchev–Trinajstić information content (AvgIpc) is 1.60. The van der Waals surface area contributed by atoms with Gasteiger partial charge in [0, 0.05) is 0 Å². The lowest BCUT2D eigenvalue weighted by atomic mass is 9.83. The normalized spacial score (nSPS) is 22.9. The van der Waals surface area contributed by atoms with E-state index in [4.69, 9.17) is 23.2 Å². The van der Waals surface area contributed by atoms with E-state index in [1.54, 1.807) is 0 Å². The van der Waals surface area contributed by atoms with Crippen molar-refractivity contribution in [1.29, 1.82) is 0 Å². The van der Waals surface area contributed by atoms with Crippen molar-refractivity contribution in [2.75, 3.05) is 0 Å². The second kappa shape index (κ2) is 2.89. The first-order valence-electron chi connectivity index (χ1n) is 3.05.